The van der Waals surface area contributed by atoms with Gasteiger partial charge in [-0.05, 0) is 48.4 Å². The molecule has 0 aliphatic rings. The second kappa shape index (κ2) is 6.04. The summed E-state index contributed by atoms with van der Waals surface area (Å²) >= 11 is 5.78. The number of aryl methyl sites for hydroxylation is 1. The molecule has 0 saturated heterocycles. The standard InChI is InChI=1S/C15H15ClFNO/c1-10-2-3-11(8-14(10)17)15(18)9-19-13-6-4-12(16)5-7-13/h2-8,15H,9,18H2,1H3. The predicted molar refractivity (Wildman–Crippen MR) is 75.0 cm³/mol. The van der Waals surface area contributed by atoms with Gasteiger partial charge >= 0.3 is 0 Å². The van der Waals surface area contributed by atoms with Gasteiger partial charge < -0.3 is 10.5 Å². The Hall–Kier alpha value is -1.58. The highest BCUT2D eigenvalue weighted by Crippen LogP contribution is 2.19. The van der Waals surface area contributed by atoms with Crippen molar-refractivity contribution in [3.05, 3.63) is 64.4 Å². The van der Waals surface area contributed by atoms with E-state index in [0.29, 0.717) is 16.3 Å². The molecule has 2 aromatic carbocycles. The number of halogens is 2. The molecule has 0 bridgehead atoms. The van der Waals surface area contributed by atoms with Gasteiger partial charge in [-0.15, -0.1) is 0 Å². The van der Waals surface area contributed by atoms with E-state index < -0.39 is 0 Å². The van der Waals surface area contributed by atoms with Crippen molar-refractivity contribution in [1.29, 1.82) is 0 Å². The summed E-state index contributed by atoms with van der Waals surface area (Å²) in [5.74, 6) is 0.437. The van der Waals surface area contributed by atoms with Crippen LogP contribution in [0.2, 0.25) is 5.02 Å². The third-order valence-electron chi connectivity index (χ3n) is 2.87. The van der Waals surface area contributed by atoms with E-state index in [1.165, 1.54) is 6.07 Å². The summed E-state index contributed by atoms with van der Waals surface area (Å²) in [4.78, 5) is 0. The lowest BCUT2D eigenvalue weighted by atomic mass is 10.1. The monoisotopic (exact) mass is 279 g/mol. The van der Waals surface area contributed by atoms with E-state index in [-0.39, 0.29) is 18.5 Å². The van der Waals surface area contributed by atoms with Crippen LogP contribution in [0.4, 0.5) is 4.39 Å². The Morgan fingerprint density at radius 2 is 1.89 bits per heavy atom. The molecule has 0 heterocycles. The van der Waals surface area contributed by atoms with Crippen molar-refractivity contribution >= 4 is 11.6 Å². The smallest absolute Gasteiger partial charge is 0.126 e. The third-order valence-corrected chi connectivity index (χ3v) is 3.12. The molecule has 0 aromatic heterocycles. The summed E-state index contributed by atoms with van der Waals surface area (Å²) in [7, 11) is 0. The van der Waals surface area contributed by atoms with E-state index in [4.69, 9.17) is 22.1 Å². The Labute approximate surface area is 117 Å². The van der Waals surface area contributed by atoms with Crippen LogP contribution in [0.15, 0.2) is 42.5 Å². The highest BCUT2D eigenvalue weighted by atomic mass is 35.5. The first-order chi connectivity index (χ1) is 9.06. The minimum atomic E-state index is -0.370. The van der Waals surface area contributed by atoms with Gasteiger partial charge in [-0.3, -0.25) is 0 Å². The molecule has 2 nitrogen and oxygen atoms in total. The maximum atomic E-state index is 13.4. The second-order valence-electron chi connectivity index (χ2n) is 4.38. The van der Waals surface area contributed by atoms with Crippen LogP contribution in [0.25, 0.3) is 0 Å². The Morgan fingerprint density at radius 3 is 2.53 bits per heavy atom. The number of hydrogen-bond donors (Lipinski definition) is 1. The Kier molecular flexibility index (Phi) is 4.40. The van der Waals surface area contributed by atoms with Crippen molar-refractivity contribution in [3.8, 4) is 5.75 Å². The van der Waals surface area contributed by atoms with Crippen LogP contribution >= 0.6 is 11.6 Å². The van der Waals surface area contributed by atoms with Crippen LogP contribution in [0.3, 0.4) is 0 Å². The summed E-state index contributed by atoms with van der Waals surface area (Å²) in [5.41, 5.74) is 7.30. The van der Waals surface area contributed by atoms with Crippen molar-refractivity contribution in [2.24, 2.45) is 5.73 Å². The van der Waals surface area contributed by atoms with Gasteiger partial charge in [0.05, 0.1) is 6.04 Å². The van der Waals surface area contributed by atoms with Crippen LogP contribution < -0.4 is 10.5 Å². The number of hydrogen-bond acceptors (Lipinski definition) is 2. The highest BCUT2D eigenvalue weighted by Gasteiger charge is 2.09. The number of ether oxygens (including phenoxy) is 1. The van der Waals surface area contributed by atoms with Gasteiger partial charge in [-0.25, -0.2) is 4.39 Å². The molecule has 0 aliphatic heterocycles. The van der Waals surface area contributed by atoms with E-state index in [2.05, 4.69) is 0 Å². The summed E-state index contributed by atoms with van der Waals surface area (Å²) in [5, 5.41) is 0.650. The van der Waals surface area contributed by atoms with E-state index in [0.717, 1.165) is 5.56 Å². The van der Waals surface area contributed by atoms with E-state index in [1.807, 2.05) is 6.07 Å². The lowest BCUT2D eigenvalue weighted by molar-refractivity contribution is 0.290. The van der Waals surface area contributed by atoms with Crippen LogP contribution in [0, 0.1) is 12.7 Å². The second-order valence-corrected chi connectivity index (χ2v) is 4.82. The summed E-state index contributed by atoms with van der Waals surface area (Å²) < 4.78 is 19.0. The maximum Gasteiger partial charge on any atom is 0.126 e. The van der Waals surface area contributed by atoms with E-state index >= 15 is 0 Å². The van der Waals surface area contributed by atoms with Crippen molar-refractivity contribution in [2.45, 2.75) is 13.0 Å². The minimum absolute atomic E-state index is 0.251. The Balaban J connectivity index is 1.98. The van der Waals surface area contributed by atoms with Gasteiger partial charge in [0.1, 0.15) is 18.2 Å². The maximum absolute atomic E-state index is 13.4. The fourth-order valence-corrected chi connectivity index (χ4v) is 1.78. The summed E-state index contributed by atoms with van der Waals surface area (Å²) in [6.45, 7) is 2.00. The molecule has 100 valence electrons. The first-order valence-electron chi connectivity index (χ1n) is 5.96. The largest absolute Gasteiger partial charge is 0.492 e. The molecule has 2 rings (SSSR count). The molecule has 1 atom stereocenters. The summed E-state index contributed by atoms with van der Waals surface area (Å²) in [6.07, 6.45) is 0. The minimum Gasteiger partial charge on any atom is -0.492 e. The Bertz CT molecular complexity index is 557. The molecule has 1 unspecified atom stereocenters. The summed E-state index contributed by atoms with van der Waals surface area (Å²) in [6, 6.07) is 11.6. The van der Waals surface area contributed by atoms with E-state index in [1.54, 1.807) is 37.3 Å². The molecular formula is C15H15ClFNO. The fraction of sp³-hybridized carbons (Fsp3) is 0.200. The molecule has 2 aromatic rings. The number of benzene rings is 2. The molecule has 0 amide bonds. The van der Waals surface area contributed by atoms with Gasteiger partial charge in [-0.2, -0.15) is 0 Å². The highest BCUT2D eigenvalue weighted by molar-refractivity contribution is 6.30. The lowest BCUT2D eigenvalue weighted by Crippen LogP contribution is -2.19. The van der Waals surface area contributed by atoms with Gasteiger partial charge in [0.15, 0.2) is 0 Å². The number of rotatable bonds is 4. The zero-order chi connectivity index (χ0) is 13.8. The average Bonchev–Trinajstić information content (AvgIpc) is 2.41. The molecule has 0 aliphatic carbocycles. The molecule has 2 N–H and O–H groups in total. The fourth-order valence-electron chi connectivity index (χ4n) is 1.65. The Morgan fingerprint density at radius 1 is 1.21 bits per heavy atom. The number of nitrogens with two attached hydrogens (primary N) is 1. The normalized spacial score (nSPS) is 12.2. The molecule has 0 fully saturated rings. The van der Waals surface area contributed by atoms with Crippen LogP contribution in [-0.2, 0) is 0 Å². The molecule has 0 spiro atoms. The average molecular weight is 280 g/mol. The van der Waals surface area contributed by atoms with Crippen LogP contribution in [0.1, 0.15) is 17.2 Å². The zero-order valence-corrected chi connectivity index (χ0v) is 11.3. The van der Waals surface area contributed by atoms with Gasteiger partial charge in [-0.1, -0.05) is 23.7 Å². The van der Waals surface area contributed by atoms with Crippen molar-refractivity contribution in [3.63, 3.8) is 0 Å². The first-order valence-corrected chi connectivity index (χ1v) is 6.34. The van der Waals surface area contributed by atoms with Crippen LogP contribution in [-0.4, -0.2) is 6.61 Å². The van der Waals surface area contributed by atoms with Gasteiger partial charge in [0.2, 0.25) is 0 Å². The zero-order valence-electron chi connectivity index (χ0n) is 10.6. The topological polar surface area (TPSA) is 35.2 Å². The molecular weight excluding hydrogens is 265 g/mol. The van der Waals surface area contributed by atoms with Crippen molar-refractivity contribution in [1.82, 2.24) is 0 Å². The molecule has 0 saturated carbocycles. The lowest BCUT2D eigenvalue weighted by Gasteiger charge is -2.14. The van der Waals surface area contributed by atoms with Gasteiger partial charge in [0.25, 0.3) is 0 Å². The molecule has 4 heteroatoms. The molecule has 0 radical (unpaired) electrons. The predicted octanol–water partition coefficient (Wildman–Crippen LogP) is 3.87. The third kappa shape index (κ3) is 3.69. The van der Waals surface area contributed by atoms with Crippen molar-refractivity contribution in [2.75, 3.05) is 6.61 Å². The van der Waals surface area contributed by atoms with Crippen molar-refractivity contribution < 1.29 is 9.13 Å². The van der Waals surface area contributed by atoms with Gasteiger partial charge in [0, 0.05) is 5.02 Å². The molecule has 19 heavy (non-hydrogen) atoms. The SMILES string of the molecule is Cc1ccc(C(N)COc2ccc(Cl)cc2)cc1F. The van der Waals surface area contributed by atoms with Crippen LogP contribution in [0.5, 0.6) is 5.75 Å². The quantitative estimate of drug-likeness (QED) is 0.922. The van der Waals surface area contributed by atoms with E-state index in [9.17, 15) is 4.39 Å². The first kappa shape index (κ1) is 13.8.